The van der Waals surface area contributed by atoms with Gasteiger partial charge in [-0.3, -0.25) is 4.79 Å². The molecule has 242 valence electrons. The average Bonchev–Trinajstić information content (AvgIpc) is 3.39. The molecule has 2 aliphatic heterocycles. The van der Waals surface area contributed by atoms with Crippen LogP contribution in [0.15, 0.2) is 48.8 Å². The van der Waals surface area contributed by atoms with Crippen molar-refractivity contribution in [3.8, 4) is 17.3 Å². The lowest BCUT2D eigenvalue weighted by Crippen LogP contribution is -2.41. The van der Waals surface area contributed by atoms with Crippen molar-refractivity contribution in [1.29, 1.82) is 0 Å². The second-order valence-corrected chi connectivity index (χ2v) is 14.1. The molecule has 2 saturated carbocycles. The van der Waals surface area contributed by atoms with E-state index in [0.717, 1.165) is 97.2 Å². The van der Waals surface area contributed by atoms with E-state index in [4.69, 9.17) is 25.4 Å². The summed E-state index contributed by atoms with van der Waals surface area (Å²) in [5, 5.41) is 1.11. The van der Waals surface area contributed by atoms with Gasteiger partial charge in [-0.1, -0.05) is 0 Å². The number of nitrogens with two attached hydrogens (primary N) is 1. The van der Waals surface area contributed by atoms with Gasteiger partial charge in [0.05, 0.1) is 18.3 Å². The van der Waals surface area contributed by atoms with Crippen LogP contribution in [0, 0.1) is 24.7 Å². The summed E-state index contributed by atoms with van der Waals surface area (Å²) in [6.07, 6.45) is 9.30. The van der Waals surface area contributed by atoms with Crippen LogP contribution in [0.3, 0.4) is 0 Å². The smallest absolute Gasteiger partial charge is 0.254 e. The number of carbonyl (C=O) groups is 1. The third-order valence-electron chi connectivity index (χ3n) is 11.0. The maximum absolute atomic E-state index is 14.0. The van der Waals surface area contributed by atoms with Gasteiger partial charge in [0, 0.05) is 68.2 Å². The van der Waals surface area contributed by atoms with Crippen molar-refractivity contribution in [2.45, 2.75) is 64.2 Å². The minimum absolute atomic E-state index is 0.0163. The Hall–Kier alpha value is -4.51. The first-order valence-corrected chi connectivity index (χ1v) is 17.1. The number of hydrogen-bond acceptors (Lipinski definition) is 8. The number of hydrogen-bond donors (Lipinski definition) is 1. The van der Waals surface area contributed by atoms with Crippen molar-refractivity contribution < 1.29 is 9.53 Å². The third-order valence-corrected chi connectivity index (χ3v) is 11.0. The highest BCUT2D eigenvalue weighted by Crippen LogP contribution is 2.41. The van der Waals surface area contributed by atoms with Gasteiger partial charge in [-0.25, -0.2) is 19.9 Å². The molecular formula is C36H41N9O2. The predicted octanol–water partition coefficient (Wildman–Crippen LogP) is 4.66. The van der Waals surface area contributed by atoms with E-state index in [1.54, 1.807) is 7.11 Å². The van der Waals surface area contributed by atoms with Gasteiger partial charge in [-0.2, -0.15) is 0 Å². The molecule has 2 aliphatic carbocycles. The Morgan fingerprint density at radius 1 is 0.957 bits per heavy atom. The van der Waals surface area contributed by atoms with Gasteiger partial charge in [0.2, 0.25) is 0 Å². The van der Waals surface area contributed by atoms with Crippen molar-refractivity contribution >= 4 is 33.8 Å². The average molecular weight is 632 g/mol. The van der Waals surface area contributed by atoms with E-state index in [9.17, 15) is 4.79 Å². The van der Waals surface area contributed by atoms with Gasteiger partial charge in [-0.15, -0.1) is 0 Å². The van der Waals surface area contributed by atoms with E-state index in [0.29, 0.717) is 29.1 Å². The van der Waals surface area contributed by atoms with Crippen LogP contribution in [0.4, 0.5) is 5.82 Å². The molecule has 5 aromatic rings. The van der Waals surface area contributed by atoms with E-state index >= 15 is 0 Å². The number of amides is 1. The van der Waals surface area contributed by atoms with Crippen LogP contribution < -0.4 is 15.4 Å². The summed E-state index contributed by atoms with van der Waals surface area (Å²) in [4.78, 5) is 37.5. The summed E-state index contributed by atoms with van der Waals surface area (Å²) in [6.45, 7) is 6.16. The number of likely N-dealkylation sites (tertiary alicyclic amines) is 1. The fourth-order valence-corrected chi connectivity index (χ4v) is 8.41. The van der Waals surface area contributed by atoms with Crippen molar-refractivity contribution in [2.24, 2.45) is 23.5 Å². The number of fused-ring (bicyclic) bond motifs is 4. The van der Waals surface area contributed by atoms with Crippen LogP contribution in [0.2, 0.25) is 0 Å². The highest BCUT2D eigenvalue weighted by atomic mass is 16.5. The van der Waals surface area contributed by atoms with Crippen LogP contribution >= 0.6 is 0 Å². The Balaban J connectivity index is 1.15. The SMILES string of the molecule is COc1cc(C(=O)N2C[C@H]3CC[C@@H]2[C@@H]3N)cc2nc(-c3cc4cccnc4n3CC3CC3)n(C[C@@H]3CCN(c4ccnc(C)n4)C3)c12. The number of aromatic nitrogens is 6. The molecule has 0 radical (unpaired) electrons. The zero-order chi connectivity index (χ0) is 31.8. The highest BCUT2D eigenvalue weighted by Gasteiger charge is 2.47. The molecule has 1 amide bonds. The molecule has 1 aromatic carbocycles. The number of rotatable bonds is 8. The second-order valence-electron chi connectivity index (χ2n) is 14.1. The van der Waals surface area contributed by atoms with Crippen molar-refractivity contribution in [2.75, 3.05) is 31.6 Å². The van der Waals surface area contributed by atoms with Crippen LogP contribution in [-0.4, -0.2) is 78.7 Å². The number of aryl methyl sites for hydroxylation is 1. The quantitative estimate of drug-likeness (QED) is 0.263. The summed E-state index contributed by atoms with van der Waals surface area (Å²) < 4.78 is 10.8. The Morgan fingerprint density at radius 3 is 2.60 bits per heavy atom. The fraction of sp³-hybridized carbons (Fsp3) is 0.472. The minimum Gasteiger partial charge on any atom is -0.494 e. The molecule has 47 heavy (non-hydrogen) atoms. The molecule has 11 heteroatoms. The van der Waals surface area contributed by atoms with Gasteiger partial charge in [0.1, 0.15) is 28.6 Å². The number of pyridine rings is 1. The summed E-state index contributed by atoms with van der Waals surface area (Å²) in [5.41, 5.74) is 10.8. The topological polar surface area (TPSA) is 120 Å². The predicted molar refractivity (Wildman–Crippen MR) is 180 cm³/mol. The molecule has 2 bridgehead atoms. The molecule has 4 fully saturated rings. The zero-order valence-corrected chi connectivity index (χ0v) is 27.0. The Labute approximate surface area is 273 Å². The molecule has 4 atom stereocenters. The molecule has 2 N–H and O–H groups in total. The minimum atomic E-state index is 0.0163. The summed E-state index contributed by atoms with van der Waals surface area (Å²) in [6, 6.07) is 12.4. The van der Waals surface area contributed by atoms with Crippen molar-refractivity contribution in [3.05, 3.63) is 60.2 Å². The van der Waals surface area contributed by atoms with Crippen molar-refractivity contribution in [3.63, 3.8) is 0 Å². The van der Waals surface area contributed by atoms with Crippen LogP contribution in [0.1, 0.15) is 48.3 Å². The molecule has 4 aromatic heterocycles. The van der Waals surface area contributed by atoms with Gasteiger partial charge in [0.25, 0.3) is 5.91 Å². The van der Waals surface area contributed by atoms with E-state index in [2.05, 4.69) is 31.2 Å². The van der Waals surface area contributed by atoms with Crippen molar-refractivity contribution in [1.82, 2.24) is 34.0 Å². The number of anilines is 1. The Kier molecular flexibility index (Phi) is 6.74. The number of benzene rings is 1. The summed E-state index contributed by atoms with van der Waals surface area (Å²) >= 11 is 0. The Bertz CT molecular complexity index is 2010. The van der Waals surface area contributed by atoms with Crippen LogP contribution in [0.5, 0.6) is 5.75 Å². The second kappa shape index (κ2) is 11.0. The lowest BCUT2D eigenvalue weighted by molar-refractivity contribution is 0.0700. The van der Waals surface area contributed by atoms with Gasteiger partial charge < -0.3 is 29.4 Å². The lowest BCUT2D eigenvalue weighted by atomic mass is 10.1. The number of piperidine rings is 1. The van der Waals surface area contributed by atoms with E-state index in [1.807, 2.05) is 48.5 Å². The summed E-state index contributed by atoms with van der Waals surface area (Å²) in [7, 11) is 1.69. The third kappa shape index (κ3) is 4.85. The number of imidazole rings is 1. The molecular weight excluding hydrogens is 590 g/mol. The first-order valence-electron chi connectivity index (χ1n) is 17.1. The largest absolute Gasteiger partial charge is 0.494 e. The van der Waals surface area contributed by atoms with Gasteiger partial charge >= 0.3 is 0 Å². The molecule has 0 unspecified atom stereocenters. The maximum Gasteiger partial charge on any atom is 0.254 e. The standard InChI is InChI=1S/C36H41N9O2/c1-21-38-12-9-31(40-21)42-13-10-23(17-42)19-45-33-27(14-26(16-30(33)47-2)36(46)44-20-25-7-8-28(44)32(25)37)41-35(45)29-15-24-4-3-11-39-34(24)43(29)18-22-5-6-22/h3-4,9,11-12,14-16,22-23,25,28,32H,5-8,10,13,17-20,37H2,1-2H3/t23-,25-,28-,32-/m1/s1. The van der Waals surface area contributed by atoms with Gasteiger partial charge in [-0.05, 0) is 93.2 Å². The molecule has 4 aliphatic rings. The normalized spacial score (nSPS) is 23.9. The first kappa shape index (κ1) is 28.7. The number of methoxy groups -OCH3 is 1. The molecule has 6 heterocycles. The lowest BCUT2D eigenvalue weighted by Gasteiger charge is -2.27. The number of nitrogens with zero attached hydrogens (tertiary/aromatic N) is 8. The monoisotopic (exact) mass is 631 g/mol. The molecule has 2 saturated heterocycles. The van der Waals surface area contributed by atoms with E-state index < -0.39 is 0 Å². The van der Waals surface area contributed by atoms with Gasteiger partial charge in [0.15, 0.2) is 5.82 Å². The molecule has 11 nitrogen and oxygen atoms in total. The Morgan fingerprint density at radius 2 is 1.83 bits per heavy atom. The van der Waals surface area contributed by atoms with Crippen LogP contribution in [0.25, 0.3) is 33.6 Å². The first-order chi connectivity index (χ1) is 22.9. The van der Waals surface area contributed by atoms with E-state index in [1.165, 1.54) is 12.8 Å². The summed E-state index contributed by atoms with van der Waals surface area (Å²) in [5.74, 6) is 4.75. The zero-order valence-electron chi connectivity index (χ0n) is 27.0. The fourth-order valence-electron chi connectivity index (χ4n) is 8.41. The van der Waals surface area contributed by atoms with Crippen LogP contribution in [-0.2, 0) is 13.1 Å². The molecule has 0 spiro atoms. The highest BCUT2D eigenvalue weighted by molar-refractivity contribution is 6.00. The number of ether oxygens (including phenoxy) is 1. The number of carbonyl (C=O) groups excluding carboxylic acids is 1. The van der Waals surface area contributed by atoms with E-state index in [-0.39, 0.29) is 18.0 Å². The molecule has 9 rings (SSSR count). The maximum atomic E-state index is 14.0.